The quantitative estimate of drug-likeness (QED) is 0.841. The molecule has 0 atom stereocenters. The zero-order valence-electron chi connectivity index (χ0n) is 11.7. The van der Waals surface area contributed by atoms with E-state index in [2.05, 4.69) is 19.2 Å². The fraction of sp³-hybridized carbons (Fsp3) is 0.533. The van der Waals surface area contributed by atoms with Crippen LogP contribution in [0.1, 0.15) is 42.6 Å². The van der Waals surface area contributed by atoms with Gasteiger partial charge in [-0.05, 0) is 30.5 Å². The molecule has 1 N–H and O–H groups in total. The van der Waals surface area contributed by atoms with Gasteiger partial charge >= 0.3 is 0 Å². The molecule has 1 rings (SSSR count). The second-order valence-electron chi connectivity index (χ2n) is 4.58. The van der Waals surface area contributed by atoms with Crippen LogP contribution in [0, 0.1) is 12.8 Å². The van der Waals surface area contributed by atoms with Gasteiger partial charge in [0.1, 0.15) is 5.75 Å². The molecule has 3 heteroatoms. The molecule has 3 nitrogen and oxygen atoms in total. The minimum atomic E-state index is -0.0276. The van der Waals surface area contributed by atoms with Gasteiger partial charge in [0.05, 0.1) is 7.11 Å². The monoisotopic (exact) mass is 249 g/mol. The fourth-order valence-electron chi connectivity index (χ4n) is 1.88. The number of hydrogen-bond acceptors (Lipinski definition) is 2. The van der Waals surface area contributed by atoms with E-state index in [0.717, 1.165) is 30.7 Å². The molecule has 0 aliphatic heterocycles. The van der Waals surface area contributed by atoms with E-state index in [0.29, 0.717) is 11.5 Å². The molecule has 100 valence electrons. The van der Waals surface area contributed by atoms with Gasteiger partial charge in [-0.1, -0.05) is 32.8 Å². The van der Waals surface area contributed by atoms with Crippen molar-refractivity contribution in [2.75, 3.05) is 13.7 Å². The van der Waals surface area contributed by atoms with Crippen molar-refractivity contribution in [1.29, 1.82) is 0 Å². The Morgan fingerprint density at radius 2 is 2.00 bits per heavy atom. The van der Waals surface area contributed by atoms with Gasteiger partial charge in [0.2, 0.25) is 0 Å². The number of carbonyl (C=O) groups is 1. The molecule has 0 aliphatic rings. The van der Waals surface area contributed by atoms with Crippen molar-refractivity contribution in [3.63, 3.8) is 0 Å². The van der Waals surface area contributed by atoms with Crippen LogP contribution in [0.2, 0.25) is 0 Å². The Morgan fingerprint density at radius 1 is 1.33 bits per heavy atom. The first-order valence-electron chi connectivity index (χ1n) is 6.55. The maximum absolute atomic E-state index is 12.0. The van der Waals surface area contributed by atoms with Gasteiger partial charge in [0.15, 0.2) is 0 Å². The van der Waals surface area contributed by atoms with Gasteiger partial charge in [-0.25, -0.2) is 0 Å². The predicted molar refractivity (Wildman–Crippen MR) is 74.1 cm³/mol. The lowest BCUT2D eigenvalue weighted by Gasteiger charge is -2.14. The number of rotatable bonds is 6. The first-order chi connectivity index (χ1) is 8.62. The normalized spacial score (nSPS) is 10.5. The van der Waals surface area contributed by atoms with E-state index in [1.807, 2.05) is 19.1 Å². The van der Waals surface area contributed by atoms with Crippen molar-refractivity contribution in [2.24, 2.45) is 5.92 Å². The number of ether oxygens (including phenoxy) is 1. The van der Waals surface area contributed by atoms with Crippen LogP contribution in [0.3, 0.4) is 0 Å². The average molecular weight is 249 g/mol. The number of methoxy groups -OCH3 is 1. The topological polar surface area (TPSA) is 38.3 Å². The summed E-state index contributed by atoms with van der Waals surface area (Å²) in [5.74, 6) is 1.28. The largest absolute Gasteiger partial charge is 0.496 e. The number of nitrogens with one attached hydrogen (secondary N) is 1. The number of amides is 1. The van der Waals surface area contributed by atoms with Crippen LogP contribution in [-0.4, -0.2) is 19.6 Å². The van der Waals surface area contributed by atoms with Gasteiger partial charge in [-0.2, -0.15) is 0 Å². The average Bonchev–Trinajstić information content (AvgIpc) is 2.40. The molecule has 0 bridgehead atoms. The highest BCUT2D eigenvalue weighted by atomic mass is 16.5. The van der Waals surface area contributed by atoms with Crippen molar-refractivity contribution in [1.82, 2.24) is 5.32 Å². The molecule has 1 amide bonds. The molecule has 0 heterocycles. The fourth-order valence-corrected chi connectivity index (χ4v) is 1.88. The molecular weight excluding hydrogens is 226 g/mol. The second-order valence-corrected chi connectivity index (χ2v) is 4.58. The van der Waals surface area contributed by atoms with E-state index in [9.17, 15) is 4.79 Å². The third-order valence-corrected chi connectivity index (χ3v) is 3.38. The SMILES string of the molecule is CCC(CC)CNC(=O)c1ccc(C)c(OC)c1. The smallest absolute Gasteiger partial charge is 0.251 e. The van der Waals surface area contributed by atoms with E-state index in [-0.39, 0.29) is 5.91 Å². The summed E-state index contributed by atoms with van der Waals surface area (Å²) in [7, 11) is 1.62. The summed E-state index contributed by atoms with van der Waals surface area (Å²) in [6, 6.07) is 5.53. The maximum Gasteiger partial charge on any atom is 0.251 e. The van der Waals surface area contributed by atoms with Crippen molar-refractivity contribution in [3.05, 3.63) is 29.3 Å². The summed E-state index contributed by atoms with van der Waals surface area (Å²) in [5, 5.41) is 2.98. The molecule has 0 radical (unpaired) electrons. The molecule has 0 fully saturated rings. The van der Waals surface area contributed by atoms with Crippen molar-refractivity contribution >= 4 is 5.91 Å². The van der Waals surface area contributed by atoms with Crippen LogP contribution in [0.4, 0.5) is 0 Å². The summed E-state index contributed by atoms with van der Waals surface area (Å²) in [4.78, 5) is 12.0. The maximum atomic E-state index is 12.0. The molecule has 0 aliphatic carbocycles. The first kappa shape index (κ1) is 14.6. The van der Waals surface area contributed by atoms with Crippen molar-refractivity contribution in [3.8, 4) is 5.75 Å². The van der Waals surface area contributed by atoms with Crippen LogP contribution in [-0.2, 0) is 0 Å². The Hall–Kier alpha value is -1.51. The van der Waals surface area contributed by atoms with Gasteiger partial charge in [-0.3, -0.25) is 4.79 Å². The van der Waals surface area contributed by atoms with Gasteiger partial charge < -0.3 is 10.1 Å². The molecule has 0 saturated carbocycles. The van der Waals surface area contributed by atoms with E-state index < -0.39 is 0 Å². The zero-order chi connectivity index (χ0) is 13.5. The zero-order valence-corrected chi connectivity index (χ0v) is 11.7. The highest BCUT2D eigenvalue weighted by Crippen LogP contribution is 2.19. The minimum absolute atomic E-state index is 0.0276. The minimum Gasteiger partial charge on any atom is -0.496 e. The molecule has 1 aromatic carbocycles. The number of carbonyl (C=O) groups excluding carboxylic acids is 1. The van der Waals surface area contributed by atoms with E-state index in [4.69, 9.17) is 4.74 Å². The number of benzene rings is 1. The molecule has 0 unspecified atom stereocenters. The predicted octanol–water partition coefficient (Wildman–Crippen LogP) is 3.17. The van der Waals surface area contributed by atoms with Crippen LogP contribution >= 0.6 is 0 Å². The lowest BCUT2D eigenvalue weighted by Crippen LogP contribution is -2.28. The lowest BCUT2D eigenvalue weighted by atomic mass is 10.0. The highest BCUT2D eigenvalue weighted by Gasteiger charge is 2.10. The Bertz CT molecular complexity index is 397. The number of aryl methyl sites for hydroxylation is 1. The summed E-state index contributed by atoms with van der Waals surface area (Å²) in [6.07, 6.45) is 2.18. The summed E-state index contributed by atoms with van der Waals surface area (Å²) >= 11 is 0. The Kier molecular flexibility index (Phi) is 5.69. The van der Waals surface area contributed by atoms with E-state index >= 15 is 0 Å². The van der Waals surface area contributed by atoms with E-state index in [1.165, 1.54) is 0 Å². The van der Waals surface area contributed by atoms with Crippen LogP contribution in [0.25, 0.3) is 0 Å². The van der Waals surface area contributed by atoms with Crippen LogP contribution in [0.5, 0.6) is 5.75 Å². The van der Waals surface area contributed by atoms with Gasteiger partial charge in [0, 0.05) is 12.1 Å². The van der Waals surface area contributed by atoms with Crippen molar-refractivity contribution < 1.29 is 9.53 Å². The Labute approximate surface area is 110 Å². The standard InChI is InChI=1S/C15H23NO2/c1-5-12(6-2)10-16-15(17)13-8-7-11(3)14(9-13)18-4/h7-9,12H,5-6,10H2,1-4H3,(H,16,17). The molecular formula is C15H23NO2. The van der Waals surface area contributed by atoms with Gasteiger partial charge in [-0.15, -0.1) is 0 Å². The first-order valence-corrected chi connectivity index (χ1v) is 6.55. The molecule has 1 aromatic rings. The Morgan fingerprint density at radius 3 is 2.56 bits per heavy atom. The highest BCUT2D eigenvalue weighted by molar-refractivity contribution is 5.94. The van der Waals surface area contributed by atoms with Crippen LogP contribution in [0.15, 0.2) is 18.2 Å². The molecule has 18 heavy (non-hydrogen) atoms. The van der Waals surface area contributed by atoms with Crippen molar-refractivity contribution in [2.45, 2.75) is 33.6 Å². The van der Waals surface area contributed by atoms with E-state index in [1.54, 1.807) is 13.2 Å². The third kappa shape index (κ3) is 3.76. The molecule has 0 spiro atoms. The summed E-state index contributed by atoms with van der Waals surface area (Å²) in [6.45, 7) is 7.00. The summed E-state index contributed by atoms with van der Waals surface area (Å²) in [5.41, 5.74) is 1.69. The third-order valence-electron chi connectivity index (χ3n) is 3.38. The Balaban J connectivity index is 2.67. The number of hydrogen-bond donors (Lipinski definition) is 1. The second kappa shape index (κ2) is 7.04. The van der Waals surface area contributed by atoms with Gasteiger partial charge in [0.25, 0.3) is 5.91 Å². The lowest BCUT2D eigenvalue weighted by molar-refractivity contribution is 0.0946. The van der Waals surface area contributed by atoms with Crippen LogP contribution < -0.4 is 10.1 Å². The molecule has 0 aromatic heterocycles. The summed E-state index contributed by atoms with van der Waals surface area (Å²) < 4.78 is 5.22. The molecule has 0 saturated heterocycles.